The summed E-state index contributed by atoms with van der Waals surface area (Å²) in [5, 5.41) is 4.10. The Labute approximate surface area is 122 Å². The van der Waals surface area contributed by atoms with Crippen LogP contribution in [0.1, 0.15) is 17.4 Å². The molecule has 108 valence electrons. The first kappa shape index (κ1) is 13.6. The minimum Gasteiger partial charge on any atom is -0.497 e. The van der Waals surface area contributed by atoms with Gasteiger partial charge in [-0.2, -0.15) is 0 Å². The standard InChI is InChI=1S/C17H16FNO2/c1-19-17(13-8-7-12(20-2)10-14(13)18)16-9-11-5-3-4-6-15(11)21-16/h3-10,17,19H,1-2H3. The Hall–Kier alpha value is -2.33. The molecule has 0 amide bonds. The minimum absolute atomic E-state index is 0.325. The number of fused-ring (bicyclic) bond motifs is 1. The lowest BCUT2D eigenvalue weighted by Gasteiger charge is -2.15. The maximum atomic E-state index is 14.3. The number of nitrogens with one attached hydrogen (secondary N) is 1. The van der Waals surface area contributed by atoms with E-state index in [-0.39, 0.29) is 11.9 Å². The van der Waals surface area contributed by atoms with Crippen LogP contribution in [0.5, 0.6) is 5.75 Å². The number of hydrogen-bond donors (Lipinski definition) is 1. The molecule has 3 rings (SSSR count). The Morgan fingerprint density at radius 3 is 2.62 bits per heavy atom. The van der Waals surface area contributed by atoms with E-state index in [1.165, 1.54) is 13.2 Å². The van der Waals surface area contributed by atoms with Crippen molar-refractivity contribution in [1.29, 1.82) is 0 Å². The van der Waals surface area contributed by atoms with Gasteiger partial charge >= 0.3 is 0 Å². The van der Waals surface area contributed by atoms with Crippen LogP contribution in [0.25, 0.3) is 11.0 Å². The Balaban J connectivity index is 2.05. The maximum Gasteiger partial charge on any atom is 0.134 e. The summed E-state index contributed by atoms with van der Waals surface area (Å²) in [4.78, 5) is 0. The van der Waals surface area contributed by atoms with E-state index in [0.717, 1.165) is 11.0 Å². The maximum absolute atomic E-state index is 14.3. The zero-order valence-corrected chi connectivity index (χ0v) is 11.9. The predicted octanol–water partition coefficient (Wildman–Crippen LogP) is 3.89. The van der Waals surface area contributed by atoms with E-state index in [4.69, 9.17) is 9.15 Å². The average Bonchev–Trinajstić information content (AvgIpc) is 2.93. The minimum atomic E-state index is -0.344. The molecule has 1 N–H and O–H groups in total. The monoisotopic (exact) mass is 285 g/mol. The molecule has 0 saturated carbocycles. The van der Waals surface area contributed by atoms with Gasteiger partial charge in [0.15, 0.2) is 0 Å². The van der Waals surface area contributed by atoms with Gasteiger partial charge in [0, 0.05) is 17.0 Å². The van der Waals surface area contributed by atoms with E-state index in [0.29, 0.717) is 17.1 Å². The van der Waals surface area contributed by atoms with E-state index in [1.807, 2.05) is 30.3 Å². The summed E-state index contributed by atoms with van der Waals surface area (Å²) in [5.41, 5.74) is 1.32. The fourth-order valence-corrected chi connectivity index (χ4v) is 2.46. The lowest BCUT2D eigenvalue weighted by Crippen LogP contribution is -2.18. The normalized spacial score (nSPS) is 12.5. The van der Waals surface area contributed by atoms with E-state index in [9.17, 15) is 4.39 Å². The van der Waals surface area contributed by atoms with Crippen molar-refractivity contribution in [2.24, 2.45) is 0 Å². The molecule has 3 nitrogen and oxygen atoms in total. The number of hydrogen-bond acceptors (Lipinski definition) is 3. The third kappa shape index (κ3) is 2.50. The number of ether oxygens (including phenoxy) is 1. The molecule has 1 atom stereocenters. The number of benzene rings is 2. The van der Waals surface area contributed by atoms with Gasteiger partial charge in [-0.25, -0.2) is 4.39 Å². The van der Waals surface area contributed by atoms with Gasteiger partial charge in [0.05, 0.1) is 13.2 Å². The van der Waals surface area contributed by atoms with Gasteiger partial charge in [0.2, 0.25) is 0 Å². The molecule has 0 spiro atoms. The molecule has 0 bridgehead atoms. The SMILES string of the molecule is CNC(c1cc2ccccc2o1)c1ccc(OC)cc1F. The molecular weight excluding hydrogens is 269 g/mol. The van der Waals surface area contributed by atoms with E-state index in [1.54, 1.807) is 19.2 Å². The smallest absolute Gasteiger partial charge is 0.134 e. The van der Waals surface area contributed by atoms with Crippen LogP contribution in [0.15, 0.2) is 52.9 Å². The Bertz CT molecular complexity index is 733. The van der Waals surface area contributed by atoms with Crippen molar-refractivity contribution in [2.75, 3.05) is 14.2 Å². The Morgan fingerprint density at radius 2 is 1.95 bits per heavy atom. The first-order valence-electron chi connectivity index (χ1n) is 6.72. The molecule has 0 aliphatic rings. The Kier molecular flexibility index (Phi) is 3.62. The molecule has 4 heteroatoms. The molecule has 2 aromatic carbocycles. The van der Waals surface area contributed by atoms with Crippen LogP contribution in [0.4, 0.5) is 4.39 Å². The van der Waals surface area contributed by atoms with Crippen LogP contribution < -0.4 is 10.1 Å². The second-order valence-electron chi connectivity index (χ2n) is 4.80. The van der Waals surface area contributed by atoms with Crippen molar-refractivity contribution < 1.29 is 13.5 Å². The highest BCUT2D eigenvalue weighted by atomic mass is 19.1. The van der Waals surface area contributed by atoms with Crippen LogP contribution in [0.2, 0.25) is 0 Å². The summed E-state index contributed by atoms with van der Waals surface area (Å²) in [6.07, 6.45) is 0. The number of rotatable bonds is 4. The van der Waals surface area contributed by atoms with E-state index < -0.39 is 0 Å². The summed E-state index contributed by atoms with van der Waals surface area (Å²) in [6.45, 7) is 0. The summed E-state index contributed by atoms with van der Waals surface area (Å²) < 4.78 is 25.1. The van der Waals surface area contributed by atoms with Crippen molar-refractivity contribution in [2.45, 2.75) is 6.04 Å². The summed E-state index contributed by atoms with van der Waals surface area (Å²) in [6, 6.07) is 14.1. The summed E-state index contributed by atoms with van der Waals surface area (Å²) in [7, 11) is 3.30. The topological polar surface area (TPSA) is 34.4 Å². The second-order valence-corrected chi connectivity index (χ2v) is 4.80. The van der Waals surface area contributed by atoms with Gasteiger partial charge < -0.3 is 14.5 Å². The van der Waals surface area contributed by atoms with Crippen LogP contribution >= 0.6 is 0 Å². The van der Waals surface area contributed by atoms with Crippen molar-refractivity contribution in [1.82, 2.24) is 5.32 Å². The molecule has 1 unspecified atom stereocenters. The molecule has 1 heterocycles. The number of para-hydroxylation sites is 1. The first-order valence-corrected chi connectivity index (χ1v) is 6.72. The van der Waals surface area contributed by atoms with Crippen LogP contribution in [0, 0.1) is 5.82 Å². The van der Waals surface area contributed by atoms with Gasteiger partial charge in [-0.3, -0.25) is 0 Å². The third-order valence-corrected chi connectivity index (χ3v) is 3.54. The molecule has 0 saturated heterocycles. The first-order chi connectivity index (χ1) is 10.2. The third-order valence-electron chi connectivity index (χ3n) is 3.54. The predicted molar refractivity (Wildman–Crippen MR) is 80.1 cm³/mol. The van der Waals surface area contributed by atoms with Crippen molar-refractivity contribution in [3.8, 4) is 5.75 Å². The van der Waals surface area contributed by atoms with E-state index >= 15 is 0 Å². The Morgan fingerprint density at radius 1 is 1.14 bits per heavy atom. The zero-order valence-electron chi connectivity index (χ0n) is 11.9. The molecule has 1 aromatic heterocycles. The lowest BCUT2D eigenvalue weighted by atomic mass is 10.0. The fraction of sp³-hybridized carbons (Fsp3) is 0.176. The second kappa shape index (κ2) is 5.58. The van der Waals surface area contributed by atoms with Crippen LogP contribution in [-0.4, -0.2) is 14.2 Å². The van der Waals surface area contributed by atoms with Crippen LogP contribution in [0.3, 0.4) is 0 Å². The van der Waals surface area contributed by atoms with Crippen molar-refractivity contribution in [3.63, 3.8) is 0 Å². The van der Waals surface area contributed by atoms with Gasteiger partial charge in [-0.05, 0) is 25.2 Å². The van der Waals surface area contributed by atoms with Crippen molar-refractivity contribution in [3.05, 3.63) is 65.7 Å². The molecular formula is C17H16FNO2. The highest BCUT2D eigenvalue weighted by Crippen LogP contribution is 2.30. The molecule has 0 radical (unpaired) electrons. The number of furan rings is 1. The number of halogens is 1. The quantitative estimate of drug-likeness (QED) is 0.789. The molecule has 0 aliphatic carbocycles. The molecule has 0 aliphatic heterocycles. The molecule has 3 aromatic rings. The fourth-order valence-electron chi connectivity index (χ4n) is 2.46. The van der Waals surface area contributed by atoms with Gasteiger partial charge in [-0.1, -0.05) is 24.3 Å². The summed E-state index contributed by atoms with van der Waals surface area (Å²) in [5.74, 6) is 0.854. The molecule has 0 fully saturated rings. The van der Waals surface area contributed by atoms with Crippen LogP contribution in [-0.2, 0) is 0 Å². The summed E-state index contributed by atoms with van der Waals surface area (Å²) >= 11 is 0. The van der Waals surface area contributed by atoms with Gasteiger partial charge in [0.25, 0.3) is 0 Å². The van der Waals surface area contributed by atoms with E-state index in [2.05, 4.69) is 5.32 Å². The number of methoxy groups -OCH3 is 1. The van der Waals surface area contributed by atoms with Gasteiger partial charge in [0.1, 0.15) is 22.9 Å². The molecule has 21 heavy (non-hydrogen) atoms. The van der Waals surface area contributed by atoms with Gasteiger partial charge in [-0.15, -0.1) is 0 Å². The van der Waals surface area contributed by atoms with Crippen molar-refractivity contribution >= 4 is 11.0 Å². The highest BCUT2D eigenvalue weighted by molar-refractivity contribution is 5.78. The highest BCUT2D eigenvalue weighted by Gasteiger charge is 2.20. The average molecular weight is 285 g/mol. The largest absolute Gasteiger partial charge is 0.497 e. The zero-order chi connectivity index (χ0) is 14.8. The lowest BCUT2D eigenvalue weighted by molar-refractivity contribution is 0.409.